The first kappa shape index (κ1) is 22.9. The van der Waals surface area contributed by atoms with Crippen molar-refractivity contribution in [2.75, 3.05) is 6.61 Å². The molecule has 0 N–H and O–H groups in total. The van der Waals surface area contributed by atoms with Crippen LogP contribution in [-0.2, 0) is 0 Å². The van der Waals surface area contributed by atoms with E-state index in [0.29, 0.717) is 18.3 Å². The maximum Gasteiger partial charge on any atom is 0.144 e. The molecule has 3 heteroatoms. The average molecular weight is 412 g/mol. The van der Waals surface area contributed by atoms with Gasteiger partial charge >= 0.3 is 0 Å². The zero-order valence-electron chi connectivity index (χ0n) is 18.6. The molecule has 0 radical (unpaired) electrons. The molecular weight excluding hydrogens is 373 g/mol. The van der Waals surface area contributed by atoms with E-state index in [9.17, 15) is 4.39 Å². The number of ether oxygens (including phenoxy) is 1. The van der Waals surface area contributed by atoms with Crippen LogP contribution in [0.15, 0.2) is 30.4 Å². The molecule has 2 atom stereocenters. The minimum absolute atomic E-state index is 0.0555. The summed E-state index contributed by atoms with van der Waals surface area (Å²) in [6, 6.07) is 6.24. The van der Waals surface area contributed by atoms with Crippen LogP contribution in [0, 0.1) is 40.8 Å². The minimum Gasteiger partial charge on any atom is -0.489 e. The third-order valence-corrected chi connectivity index (χ3v) is 7.34. The van der Waals surface area contributed by atoms with Crippen molar-refractivity contribution in [3.63, 3.8) is 0 Å². The minimum atomic E-state index is -0.521. The van der Waals surface area contributed by atoms with Gasteiger partial charge in [-0.25, -0.2) is 4.39 Å². The second-order valence-electron chi connectivity index (χ2n) is 9.46. The largest absolute Gasteiger partial charge is 0.489 e. The number of allylic oxidation sites excluding steroid dienone is 1. The Kier molecular flexibility index (Phi) is 9.25. The van der Waals surface area contributed by atoms with Crippen molar-refractivity contribution in [2.45, 2.75) is 84.0 Å². The Hall–Kier alpha value is -1.82. The van der Waals surface area contributed by atoms with E-state index in [1.54, 1.807) is 6.07 Å². The number of benzene rings is 1. The topological polar surface area (TPSA) is 33.0 Å². The maximum atomic E-state index is 13.6. The van der Waals surface area contributed by atoms with Crippen molar-refractivity contribution < 1.29 is 9.13 Å². The molecule has 0 spiro atoms. The fraction of sp³-hybridized carbons (Fsp3) is 0.667. The number of nitriles is 1. The van der Waals surface area contributed by atoms with Crippen molar-refractivity contribution in [1.29, 1.82) is 5.26 Å². The normalized spacial score (nSPS) is 27.1. The van der Waals surface area contributed by atoms with Crippen LogP contribution in [0.5, 0.6) is 5.75 Å². The van der Waals surface area contributed by atoms with Gasteiger partial charge in [0.05, 0.1) is 5.56 Å². The van der Waals surface area contributed by atoms with Crippen LogP contribution < -0.4 is 4.74 Å². The molecule has 3 rings (SSSR count). The number of hydrogen-bond acceptors (Lipinski definition) is 2. The molecular formula is C27H38FNO. The van der Waals surface area contributed by atoms with E-state index in [2.05, 4.69) is 19.1 Å². The first-order valence-electron chi connectivity index (χ1n) is 12.2. The molecule has 1 aromatic rings. The smallest absolute Gasteiger partial charge is 0.144 e. The van der Waals surface area contributed by atoms with Gasteiger partial charge in [0, 0.05) is 6.07 Å². The molecule has 2 saturated carbocycles. The molecule has 30 heavy (non-hydrogen) atoms. The van der Waals surface area contributed by atoms with Crippen molar-refractivity contribution in [2.24, 2.45) is 23.7 Å². The van der Waals surface area contributed by atoms with E-state index in [1.165, 1.54) is 89.2 Å². The molecule has 0 amide bonds. The van der Waals surface area contributed by atoms with Crippen LogP contribution in [0.25, 0.3) is 0 Å². The molecule has 1 aromatic carbocycles. The van der Waals surface area contributed by atoms with Gasteiger partial charge in [-0.15, -0.1) is 0 Å². The van der Waals surface area contributed by atoms with Crippen molar-refractivity contribution in [1.82, 2.24) is 0 Å². The SMILES string of the molecule is CCCCC[C@@H]1CCC[C@@H](C2CCC(C=CCOc3ccc(C#N)c(F)c3)CC2)C1. The van der Waals surface area contributed by atoms with E-state index < -0.39 is 5.82 Å². The van der Waals surface area contributed by atoms with Gasteiger partial charge in [-0.05, 0) is 67.9 Å². The maximum absolute atomic E-state index is 13.6. The summed E-state index contributed by atoms with van der Waals surface area (Å²) in [5, 5.41) is 8.78. The first-order valence-corrected chi connectivity index (χ1v) is 12.2. The molecule has 2 nitrogen and oxygen atoms in total. The van der Waals surface area contributed by atoms with E-state index >= 15 is 0 Å². The molecule has 0 unspecified atom stereocenters. The summed E-state index contributed by atoms with van der Waals surface area (Å²) < 4.78 is 19.2. The zero-order valence-corrected chi connectivity index (χ0v) is 18.6. The third kappa shape index (κ3) is 6.86. The highest BCUT2D eigenvalue weighted by Crippen LogP contribution is 2.43. The summed E-state index contributed by atoms with van der Waals surface area (Å²) in [7, 11) is 0. The van der Waals surface area contributed by atoms with Crippen LogP contribution in [0.2, 0.25) is 0 Å². The van der Waals surface area contributed by atoms with Crippen LogP contribution in [0.1, 0.15) is 89.5 Å². The molecule has 164 valence electrons. The number of unbranched alkanes of at least 4 members (excludes halogenated alkanes) is 2. The molecule has 2 aliphatic carbocycles. The zero-order chi connectivity index (χ0) is 21.2. The average Bonchev–Trinajstić information content (AvgIpc) is 2.78. The van der Waals surface area contributed by atoms with Crippen LogP contribution >= 0.6 is 0 Å². The quantitative estimate of drug-likeness (QED) is 0.306. The molecule has 2 aliphatic rings. The van der Waals surface area contributed by atoms with Gasteiger partial charge in [0.25, 0.3) is 0 Å². The van der Waals surface area contributed by atoms with E-state index in [-0.39, 0.29) is 5.56 Å². The fourth-order valence-electron chi connectivity index (χ4n) is 5.58. The van der Waals surface area contributed by atoms with Crippen molar-refractivity contribution in [3.8, 4) is 11.8 Å². The van der Waals surface area contributed by atoms with Gasteiger partial charge in [-0.2, -0.15) is 5.26 Å². The first-order chi connectivity index (χ1) is 14.7. The molecule has 0 heterocycles. The Balaban J connectivity index is 1.36. The fourth-order valence-corrected chi connectivity index (χ4v) is 5.58. The molecule has 2 fully saturated rings. The van der Waals surface area contributed by atoms with Crippen LogP contribution in [0.4, 0.5) is 4.39 Å². The predicted molar refractivity (Wildman–Crippen MR) is 121 cm³/mol. The lowest BCUT2D eigenvalue weighted by Gasteiger charge is -2.38. The predicted octanol–water partition coefficient (Wildman–Crippen LogP) is 7.83. The highest BCUT2D eigenvalue weighted by Gasteiger charge is 2.30. The molecule has 0 bridgehead atoms. The molecule has 0 aromatic heterocycles. The Morgan fingerprint density at radius 1 is 1.10 bits per heavy atom. The highest BCUT2D eigenvalue weighted by molar-refractivity contribution is 5.36. The molecule has 0 saturated heterocycles. The number of rotatable bonds is 9. The highest BCUT2D eigenvalue weighted by atomic mass is 19.1. The summed E-state index contributed by atoms with van der Waals surface area (Å²) >= 11 is 0. The Labute approximate surface area is 182 Å². The summed E-state index contributed by atoms with van der Waals surface area (Å²) in [5.74, 6) is 3.54. The summed E-state index contributed by atoms with van der Waals surface area (Å²) in [4.78, 5) is 0. The molecule has 0 aliphatic heterocycles. The van der Waals surface area contributed by atoms with Gasteiger partial charge in [0.2, 0.25) is 0 Å². The van der Waals surface area contributed by atoms with Gasteiger partial charge in [0.15, 0.2) is 0 Å². The number of hydrogen-bond donors (Lipinski definition) is 0. The van der Waals surface area contributed by atoms with Gasteiger partial charge in [-0.1, -0.05) is 64.0 Å². The van der Waals surface area contributed by atoms with E-state index in [0.717, 1.165) is 17.8 Å². The van der Waals surface area contributed by atoms with Gasteiger partial charge < -0.3 is 4.74 Å². The lowest BCUT2D eigenvalue weighted by molar-refractivity contribution is 0.143. The van der Waals surface area contributed by atoms with Gasteiger partial charge in [0.1, 0.15) is 24.2 Å². The lowest BCUT2D eigenvalue weighted by atomic mass is 9.68. The summed E-state index contributed by atoms with van der Waals surface area (Å²) in [5.41, 5.74) is 0.0555. The van der Waals surface area contributed by atoms with E-state index in [1.807, 2.05) is 6.07 Å². The number of nitrogens with zero attached hydrogens (tertiary/aromatic N) is 1. The second-order valence-corrected chi connectivity index (χ2v) is 9.46. The third-order valence-electron chi connectivity index (χ3n) is 7.34. The Morgan fingerprint density at radius 2 is 1.93 bits per heavy atom. The van der Waals surface area contributed by atoms with Crippen LogP contribution in [-0.4, -0.2) is 6.61 Å². The number of halogens is 1. The monoisotopic (exact) mass is 411 g/mol. The lowest BCUT2D eigenvalue weighted by Crippen LogP contribution is -2.26. The van der Waals surface area contributed by atoms with E-state index in [4.69, 9.17) is 10.00 Å². The standard InChI is InChI=1S/C27H38FNO/c1-2-3-4-7-22-8-5-10-24(18-22)23-13-11-21(12-14-23)9-6-17-30-26-16-15-25(20-29)27(28)19-26/h6,9,15-16,19,21-24H,2-5,7-8,10-14,17-18H2,1H3/t21?,22-,23?,24-/m1/s1. The Morgan fingerprint density at radius 3 is 2.67 bits per heavy atom. The summed E-state index contributed by atoms with van der Waals surface area (Å²) in [6.45, 7) is 2.75. The Bertz CT molecular complexity index is 714. The van der Waals surface area contributed by atoms with Gasteiger partial charge in [-0.3, -0.25) is 0 Å². The van der Waals surface area contributed by atoms with Crippen molar-refractivity contribution >= 4 is 0 Å². The van der Waals surface area contributed by atoms with Crippen LogP contribution in [0.3, 0.4) is 0 Å². The summed E-state index contributed by atoms with van der Waals surface area (Å²) in [6.07, 6.45) is 21.2. The van der Waals surface area contributed by atoms with Crippen molar-refractivity contribution in [3.05, 3.63) is 41.7 Å². The second kappa shape index (κ2) is 12.1.